The van der Waals surface area contributed by atoms with E-state index in [1.807, 2.05) is 0 Å². The zero-order valence-corrected chi connectivity index (χ0v) is 13.2. The lowest BCUT2D eigenvalue weighted by molar-refractivity contribution is -0.290. The second kappa shape index (κ2) is 6.39. The molecule has 11 heteroatoms. The predicted molar refractivity (Wildman–Crippen MR) is 79.3 cm³/mol. The Balaban J connectivity index is 1.75. The van der Waals surface area contributed by atoms with Crippen molar-refractivity contribution in [2.45, 2.75) is 12.1 Å². The van der Waals surface area contributed by atoms with Crippen LogP contribution in [0.25, 0.3) is 17.2 Å². The van der Waals surface area contributed by atoms with E-state index in [0.717, 1.165) is 6.20 Å². The van der Waals surface area contributed by atoms with E-state index in [1.54, 1.807) is 22.9 Å². The molecule has 6 nitrogen and oxygen atoms in total. The lowest BCUT2D eigenvalue weighted by Gasteiger charge is -2.19. The van der Waals surface area contributed by atoms with Gasteiger partial charge in [0, 0.05) is 18.5 Å². The summed E-state index contributed by atoms with van der Waals surface area (Å²) in [5, 5.41) is 0. The van der Waals surface area contributed by atoms with Gasteiger partial charge in [0.05, 0.1) is 19.0 Å². The number of nitrogens with zero attached hydrogens (tertiary/aromatic N) is 4. The van der Waals surface area contributed by atoms with Crippen LogP contribution in [-0.2, 0) is 0 Å². The van der Waals surface area contributed by atoms with E-state index in [1.165, 1.54) is 19.2 Å². The van der Waals surface area contributed by atoms with Gasteiger partial charge in [-0.3, -0.25) is 9.38 Å². The average Bonchev–Trinajstić information content (AvgIpc) is 3.02. The minimum absolute atomic E-state index is 0.221. The SMILES string of the molecule is COc1ccn2cc(-c3ccc(OCC(F)(F)C(F)(F)F)cn3)nc2n1. The molecular formula is C15H11F5N4O2. The summed E-state index contributed by atoms with van der Waals surface area (Å²) in [5.41, 5.74) is 0.794. The summed E-state index contributed by atoms with van der Waals surface area (Å²) in [6.45, 7) is -1.82. The molecule has 0 saturated heterocycles. The van der Waals surface area contributed by atoms with Gasteiger partial charge < -0.3 is 9.47 Å². The third-order valence-electron chi connectivity index (χ3n) is 3.34. The van der Waals surface area contributed by atoms with E-state index in [9.17, 15) is 22.0 Å². The molecule has 0 saturated carbocycles. The number of ether oxygens (including phenoxy) is 2. The zero-order chi connectivity index (χ0) is 18.9. The zero-order valence-electron chi connectivity index (χ0n) is 13.2. The molecular weight excluding hydrogens is 363 g/mol. The molecule has 0 bridgehead atoms. The van der Waals surface area contributed by atoms with Gasteiger partial charge in [0.1, 0.15) is 11.4 Å². The van der Waals surface area contributed by atoms with Crippen LogP contribution in [0.2, 0.25) is 0 Å². The molecule has 0 radical (unpaired) electrons. The number of pyridine rings is 1. The fourth-order valence-electron chi connectivity index (χ4n) is 1.97. The molecule has 3 rings (SSSR count). The highest BCUT2D eigenvalue weighted by molar-refractivity contribution is 5.57. The molecule has 0 atom stereocenters. The van der Waals surface area contributed by atoms with Gasteiger partial charge in [-0.25, -0.2) is 4.98 Å². The van der Waals surface area contributed by atoms with Crippen molar-refractivity contribution in [3.05, 3.63) is 36.8 Å². The summed E-state index contributed by atoms with van der Waals surface area (Å²) in [5.74, 6) is -4.44. The molecule has 0 aliphatic carbocycles. The Bertz CT molecular complexity index is 909. The molecule has 0 unspecified atom stereocenters. The number of hydrogen-bond acceptors (Lipinski definition) is 5. The molecule has 0 amide bonds. The summed E-state index contributed by atoms with van der Waals surface area (Å²) in [6.07, 6.45) is -1.33. The van der Waals surface area contributed by atoms with Gasteiger partial charge in [-0.2, -0.15) is 26.9 Å². The van der Waals surface area contributed by atoms with E-state index in [0.29, 0.717) is 23.0 Å². The Labute approximate surface area is 143 Å². The van der Waals surface area contributed by atoms with E-state index < -0.39 is 18.7 Å². The topological polar surface area (TPSA) is 61.5 Å². The Morgan fingerprint density at radius 2 is 1.81 bits per heavy atom. The lowest BCUT2D eigenvalue weighted by Crippen LogP contribution is -2.41. The fraction of sp³-hybridized carbons (Fsp3) is 0.267. The summed E-state index contributed by atoms with van der Waals surface area (Å²) in [7, 11) is 1.46. The maximum atomic E-state index is 12.8. The highest BCUT2D eigenvalue weighted by Crippen LogP contribution is 2.35. The summed E-state index contributed by atoms with van der Waals surface area (Å²) in [4.78, 5) is 12.3. The molecule has 3 aromatic heterocycles. The quantitative estimate of drug-likeness (QED) is 0.641. The van der Waals surface area contributed by atoms with Crippen LogP contribution in [0, 0.1) is 0 Å². The number of rotatable bonds is 5. The number of imidazole rings is 1. The van der Waals surface area contributed by atoms with Crippen LogP contribution in [0.1, 0.15) is 0 Å². The number of hydrogen-bond donors (Lipinski definition) is 0. The fourth-order valence-corrected chi connectivity index (χ4v) is 1.97. The maximum Gasteiger partial charge on any atom is 0.456 e. The molecule has 0 aliphatic heterocycles. The molecule has 138 valence electrons. The Morgan fingerprint density at radius 3 is 2.42 bits per heavy atom. The molecule has 0 aromatic carbocycles. The summed E-state index contributed by atoms with van der Waals surface area (Å²) in [6, 6.07) is 4.25. The smallest absolute Gasteiger partial charge is 0.456 e. The van der Waals surface area contributed by atoms with Gasteiger partial charge in [-0.1, -0.05) is 0 Å². The van der Waals surface area contributed by atoms with Crippen molar-refractivity contribution in [3.63, 3.8) is 0 Å². The molecule has 0 aliphatic rings. The first-order chi connectivity index (χ1) is 12.2. The third kappa shape index (κ3) is 3.51. The monoisotopic (exact) mass is 374 g/mol. The van der Waals surface area contributed by atoms with Crippen molar-refractivity contribution in [1.29, 1.82) is 0 Å². The number of alkyl halides is 5. The molecule has 26 heavy (non-hydrogen) atoms. The number of fused-ring (bicyclic) bond motifs is 1. The van der Waals surface area contributed by atoms with Crippen molar-refractivity contribution in [1.82, 2.24) is 19.4 Å². The van der Waals surface area contributed by atoms with E-state index >= 15 is 0 Å². The molecule has 0 spiro atoms. The molecule has 0 fully saturated rings. The Kier molecular flexibility index (Phi) is 4.38. The standard InChI is InChI=1S/C15H11F5N4O2/c1-25-12-4-5-24-7-11(22-13(24)23-12)10-3-2-9(6-21-10)26-8-14(16,17)15(18,19)20/h2-7H,8H2,1H3. The van der Waals surface area contributed by atoms with Gasteiger partial charge in [-0.15, -0.1) is 0 Å². The first kappa shape index (κ1) is 17.8. The number of methoxy groups -OCH3 is 1. The molecule has 0 N–H and O–H groups in total. The van der Waals surface area contributed by atoms with Gasteiger partial charge in [0.25, 0.3) is 0 Å². The second-order valence-corrected chi connectivity index (χ2v) is 5.17. The third-order valence-corrected chi connectivity index (χ3v) is 3.34. The minimum Gasteiger partial charge on any atom is -0.485 e. The first-order valence-corrected chi connectivity index (χ1v) is 7.13. The largest absolute Gasteiger partial charge is 0.485 e. The normalized spacial score (nSPS) is 12.4. The Hall–Kier alpha value is -2.98. The van der Waals surface area contributed by atoms with Crippen molar-refractivity contribution in [3.8, 4) is 23.0 Å². The number of halogens is 5. The highest BCUT2D eigenvalue weighted by Gasteiger charge is 2.58. The van der Waals surface area contributed by atoms with Crippen LogP contribution >= 0.6 is 0 Å². The van der Waals surface area contributed by atoms with Gasteiger partial charge in [0.2, 0.25) is 11.7 Å². The van der Waals surface area contributed by atoms with Crippen molar-refractivity contribution in [2.24, 2.45) is 0 Å². The van der Waals surface area contributed by atoms with Gasteiger partial charge >= 0.3 is 12.1 Å². The van der Waals surface area contributed by atoms with Crippen LogP contribution in [0.15, 0.2) is 36.8 Å². The number of aromatic nitrogens is 4. The summed E-state index contributed by atoms with van der Waals surface area (Å²) >= 11 is 0. The van der Waals surface area contributed by atoms with Gasteiger partial charge in [0.15, 0.2) is 6.61 Å². The van der Waals surface area contributed by atoms with Crippen molar-refractivity contribution in [2.75, 3.05) is 13.7 Å². The van der Waals surface area contributed by atoms with E-state index in [2.05, 4.69) is 19.7 Å². The molecule has 3 heterocycles. The van der Waals surface area contributed by atoms with Crippen molar-refractivity contribution < 1.29 is 31.4 Å². The van der Waals surface area contributed by atoms with E-state index in [4.69, 9.17) is 4.74 Å². The Morgan fingerprint density at radius 1 is 1.04 bits per heavy atom. The molecule has 3 aromatic rings. The van der Waals surface area contributed by atoms with Crippen molar-refractivity contribution >= 4 is 5.78 Å². The average molecular weight is 374 g/mol. The van der Waals surface area contributed by atoms with Crippen LogP contribution in [0.3, 0.4) is 0 Å². The highest BCUT2D eigenvalue weighted by atomic mass is 19.4. The van der Waals surface area contributed by atoms with Crippen LogP contribution < -0.4 is 9.47 Å². The van der Waals surface area contributed by atoms with Crippen LogP contribution in [0.5, 0.6) is 11.6 Å². The summed E-state index contributed by atoms with van der Waals surface area (Å²) < 4.78 is 73.1. The van der Waals surface area contributed by atoms with Gasteiger partial charge in [-0.05, 0) is 12.1 Å². The van der Waals surface area contributed by atoms with Crippen LogP contribution in [0.4, 0.5) is 22.0 Å². The van der Waals surface area contributed by atoms with E-state index in [-0.39, 0.29) is 5.75 Å². The first-order valence-electron chi connectivity index (χ1n) is 7.13. The predicted octanol–water partition coefficient (Wildman–Crippen LogP) is 3.38. The lowest BCUT2D eigenvalue weighted by atomic mass is 10.3. The maximum absolute atomic E-state index is 12.8. The minimum atomic E-state index is -5.68. The van der Waals surface area contributed by atoms with Crippen LogP contribution in [-0.4, -0.2) is 45.2 Å². The second-order valence-electron chi connectivity index (χ2n) is 5.17.